The molecule has 250 valence electrons. The number of nitrogens with one attached hydrogen (secondary N) is 2. The first-order chi connectivity index (χ1) is 23.4. The number of carbonyl (C=O) groups excluding carboxylic acids is 2. The van der Waals surface area contributed by atoms with Crippen molar-refractivity contribution in [2.75, 3.05) is 30.7 Å². The van der Waals surface area contributed by atoms with Crippen LogP contribution < -0.4 is 16.4 Å². The number of thiophene rings is 1. The number of aliphatic hydroxyl groups excluding tert-OH is 3. The fraction of sp³-hybridized carbons (Fsp3) is 0.324. The molecule has 1 fully saturated rings. The maximum Gasteiger partial charge on any atom is 0.251 e. The number of benzene rings is 2. The number of aromatic nitrogens is 4. The molecule has 0 spiro atoms. The number of aliphatic hydroxyl groups is 3. The van der Waals surface area contributed by atoms with Crippen LogP contribution in [-0.4, -0.2) is 84.5 Å². The third kappa shape index (κ3) is 7.07. The van der Waals surface area contributed by atoms with Gasteiger partial charge in [0, 0.05) is 29.1 Å². The lowest BCUT2D eigenvalue weighted by Gasteiger charge is -2.16. The lowest BCUT2D eigenvalue weighted by molar-refractivity contribution is -0.0511. The topological polar surface area (TPSA) is 198 Å². The minimum Gasteiger partial charge on any atom is -0.394 e. The van der Waals surface area contributed by atoms with E-state index in [1.165, 1.54) is 28.6 Å². The van der Waals surface area contributed by atoms with E-state index < -0.39 is 31.1 Å². The van der Waals surface area contributed by atoms with Gasteiger partial charge in [-0.2, -0.15) is 0 Å². The first-order valence-electron chi connectivity index (χ1n) is 15.8. The highest BCUT2D eigenvalue weighted by molar-refractivity contribution is 7.19. The molecule has 0 aliphatic carbocycles. The molecule has 48 heavy (non-hydrogen) atoms. The summed E-state index contributed by atoms with van der Waals surface area (Å²) >= 11 is 1.35. The van der Waals surface area contributed by atoms with Gasteiger partial charge in [0.1, 0.15) is 24.6 Å². The molecule has 1 aliphatic rings. The van der Waals surface area contributed by atoms with E-state index in [0.29, 0.717) is 51.8 Å². The van der Waals surface area contributed by atoms with Gasteiger partial charge in [0.15, 0.2) is 29.0 Å². The highest BCUT2D eigenvalue weighted by atomic mass is 32.1. The molecule has 2 aromatic carbocycles. The van der Waals surface area contributed by atoms with E-state index in [1.807, 2.05) is 30.3 Å². The summed E-state index contributed by atoms with van der Waals surface area (Å²) in [6.45, 7) is 0.799. The van der Waals surface area contributed by atoms with Gasteiger partial charge >= 0.3 is 0 Å². The minimum atomic E-state index is -1.23. The number of anilines is 2. The Morgan fingerprint density at radius 3 is 2.40 bits per heavy atom. The lowest BCUT2D eigenvalue weighted by Crippen LogP contribution is -2.33. The largest absolute Gasteiger partial charge is 0.394 e. The van der Waals surface area contributed by atoms with E-state index in [2.05, 4.69) is 25.6 Å². The van der Waals surface area contributed by atoms with Crippen molar-refractivity contribution in [3.05, 3.63) is 90.0 Å². The summed E-state index contributed by atoms with van der Waals surface area (Å²) in [5, 5.41) is 36.6. The highest BCUT2D eigenvalue weighted by Gasteiger charge is 2.44. The molecule has 4 atom stereocenters. The maximum atomic E-state index is 12.9. The van der Waals surface area contributed by atoms with Crippen LogP contribution in [0.3, 0.4) is 0 Å². The van der Waals surface area contributed by atoms with Crippen LogP contribution in [0, 0.1) is 0 Å². The van der Waals surface area contributed by atoms with Gasteiger partial charge in [0.05, 0.1) is 23.5 Å². The molecule has 0 unspecified atom stereocenters. The SMILES string of the molecule is Nc1sc(-c2ccc(C(=O)NCCCCCCNc3ncnc4c3ncn4[C@@H]3O[C@H](CO)[C@@H](O)[C@H]3O)cc2)cc1C(=O)c1ccccc1. The average Bonchev–Trinajstić information content (AvgIpc) is 3.81. The van der Waals surface area contributed by atoms with Crippen molar-refractivity contribution >= 4 is 45.0 Å². The van der Waals surface area contributed by atoms with Gasteiger partial charge in [-0.15, -0.1) is 11.3 Å². The van der Waals surface area contributed by atoms with Crippen LogP contribution in [0.15, 0.2) is 73.3 Å². The molecule has 1 amide bonds. The molecule has 6 rings (SSSR count). The van der Waals surface area contributed by atoms with Crippen molar-refractivity contribution < 1.29 is 29.6 Å². The molecular formula is C34H37N7O6S. The molecule has 5 aromatic rings. The Balaban J connectivity index is 0.917. The summed E-state index contributed by atoms with van der Waals surface area (Å²) in [4.78, 5) is 39.4. The van der Waals surface area contributed by atoms with Crippen LogP contribution in [0.25, 0.3) is 21.6 Å². The summed E-state index contributed by atoms with van der Waals surface area (Å²) in [6, 6.07) is 18.1. The van der Waals surface area contributed by atoms with Gasteiger partial charge in [-0.05, 0) is 36.6 Å². The van der Waals surface area contributed by atoms with Crippen molar-refractivity contribution in [1.29, 1.82) is 0 Å². The van der Waals surface area contributed by atoms with Crippen LogP contribution in [-0.2, 0) is 4.74 Å². The number of imidazole rings is 1. The van der Waals surface area contributed by atoms with Crippen molar-refractivity contribution in [1.82, 2.24) is 24.8 Å². The summed E-state index contributed by atoms with van der Waals surface area (Å²) < 4.78 is 7.14. The van der Waals surface area contributed by atoms with Crippen molar-refractivity contribution in [2.24, 2.45) is 0 Å². The van der Waals surface area contributed by atoms with E-state index in [-0.39, 0.29) is 11.7 Å². The van der Waals surface area contributed by atoms with Gasteiger partial charge in [-0.25, -0.2) is 15.0 Å². The molecule has 1 saturated heterocycles. The van der Waals surface area contributed by atoms with Crippen LogP contribution in [0.5, 0.6) is 0 Å². The summed E-state index contributed by atoms with van der Waals surface area (Å²) in [7, 11) is 0. The highest BCUT2D eigenvalue weighted by Crippen LogP contribution is 2.35. The summed E-state index contributed by atoms with van der Waals surface area (Å²) in [5.74, 6) is 0.294. The van der Waals surface area contributed by atoms with Crippen molar-refractivity contribution in [2.45, 2.75) is 50.2 Å². The molecule has 4 heterocycles. The molecule has 13 nitrogen and oxygen atoms in total. The van der Waals surface area contributed by atoms with E-state index in [4.69, 9.17) is 10.5 Å². The molecule has 0 bridgehead atoms. The number of ketones is 1. The number of nitrogens with zero attached hydrogens (tertiary/aromatic N) is 4. The van der Waals surface area contributed by atoms with Crippen LogP contribution in [0.2, 0.25) is 0 Å². The number of ether oxygens (including phenoxy) is 1. The molecule has 0 radical (unpaired) electrons. The van der Waals surface area contributed by atoms with Gasteiger partial charge in [-0.1, -0.05) is 55.3 Å². The number of nitrogen functional groups attached to an aromatic ring is 1. The molecule has 14 heteroatoms. The second kappa shape index (κ2) is 15.0. The van der Waals surface area contributed by atoms with Gasteiger partial charge < -0.3 is 36.4 Å². The quantitative estimate of drug-likeness (QED) is 0.0748. The zero-order chi connectivity index (χ0) is 33.6. The Morgan fingerprint density at radius 1 is 0.917 bits per heavy atom. The van der Waals surface area contributed by atoms with E-state index >= 15 is 0 Å². The van der Waals surface area contributed by atoms with Crippen LogP contribution in [0.1, 0.15) is 58.2 Å². The predicted molar refractivity (Wildman–Crippen MR) is 182 cm³/mol. The predicted octanol–water partition coefficient (Wildman–Crippen LogP) is 3.38. The van der Waals surface area contributed by atoms with E-state index in [1.54, 1.807) is 30.3 Å². The second-order valence-electron chi connectivity index (χ2n) is 11.5. The van der Waals surface area contributed by atoms with Crippen LogP contribution >= 0.6 is 11.3 Å². The number of hydrogen-bond donors (Lipinski definition) is 6. The standard InChI is InChI=1S/C34H37N7O6S/c35-30-23(27(43)21-8-4-3-5-9-21)16-25(48-30)20-10-12-22(13-11-20)33(46)37-15-7-2-1-6-14-36-31-26-32(39-18-38-31)41(19-40-26)34-29(45)28(44)24(17-42)47-34/h3-5,8-13,16,18-19,24,28-29,34,42,44-45H,1-2,6-7,14-15,17,35H2,(H,37,46)(H,36,38,39)/t24-,28-,29-,34-/m1/s1. The van der Waals surface area contributed by atoms with Gasteiger partial charge in [0.2, 0.25) is 0 Å². The van der Waals surface area contributed by atoms with Crippen LogP contribution in [0.4, 0.5) is 10.8 Å². The zero-order valence-electron chi connectivity index (χ0n) is 26.0. The monoisotopic (exact) mass is 671 g/mol. The fourth-order valence-electron chi connectivity index (χ4n) is 5.65. The average molecular weight is 672 g/mol. The summed E-state index contributed by atoms with van der Waals surface area (Å²) in [6.07, 6.45) is 2.18. The third-order valence-corrected chi connectivity index (χ3v) is 9.32. The first-order valence-corrected chi connectivity index (χ1v) is 16.6. The Labute approximate surface area is 280 Å². The van der Waals surface area contributed by atoms with Crippen molar-refractivity contribution in [3.8, 4) is 10.4 Å². The Kier molecular flexibility index (Phi) is 10.4. The molecule has 7 N–H and O–H groups in total. The van der Waals surface area contributed by atoms with Gasteiger partial charge in [0.25, 0.3) is 5.91 Å². The van der Waals surface area contributed by atoms with E-state index in [9.17, 15) is 24.9 Å². The Hall–Kier alpha value is -4.73. The van der Waals surface area contributed by atoms with E-state index in [0.717, 1.165) is 36.1 Å². The Morgan fingerprint density at radius 2 is 1.67 bits per heavy atom. The number of hydrogen-bond acceptors (Lipinski definition) is 12. The normalized spacial score (nSPS) is 19.1. The minimum absolute atomic E-state index is 0.114. The number of rotatable bonds is 14. The number of nitrogens with two attached hydrogens (primary N) is 1. The number of carbonyl (C=O) groups is 2. The van der Waals surface area contributed by atoms with Crippen molar-refractivity contribution in [3.63, 3.8) is 0 Å². The smallest absolute Gasteiger partial charge is 0.251 e. The fourth-order valence-corrected chi connectivity index (χ4v) is 6.58. The number of fused-ring (bicyclic) bond motifs is 1. The molecular weight excluding hydrogens is 634 g/mol. The molecule has 3 aromatic heterocycles. The lowest BCUT2D eigenvalue weighted by atomic mass is 10.0. The zero-order valence-corrected chi connectivity index (χ0v) is 26.8. The van der Waals surface area contributed by atoms with Gasteiger partial charge in [-0.3, -0.25) is 14.2 Å². The number of unbranched alkanes of at least 4 members (excludes halogenated alkanes) is 3. The second-order valence-corrected chi connectivity index (χ2v) is 12.6. The third-order valence-electron chi connectivity index (χ3n) is 8.30. The Bertz CT molecular complexity index is 1860. The molecule has 1 aliphatic heterocycles. The maximum absolute atomic E-state index is 12.9. The first kappa shape index (κ1) is 33.2. The molecule has 0 saturated carbocycles. The number of amides is 1. The summed E-state index contributed by atoms with van der Waals surface area (Å²) in [5.41, 5.74) is 9.64.